The Kier molecular flexibility index (Phi) is 7.87. The molecule has 196 valence electrons. The van der Waals surface area contributed by atoms with Crippen LogP contribution in [0.2, 0.25) is 0 Å². The number of piperazine rings is 1. The second-order valence-electron chi connectivity index (χ2n) is 9.17. The number of halogens is 2. The molecule has 2 aromatic carbocycles. The largest absolute Gasteiger partial charge is 0.463 e. The highest BCUT2D eigenvalue weighted by Gasteiger charge is 2.38. The molecule has 0 radical (unpaired) electrons. The molecule has 1 saturated heterocycles. The minimum absolute atomic E-state index is 0.143. The molecule has 0 aromatic heterocycles. The fourth-order valence-electron chi connectivity index (χ4n) is 4.78. The van der Waals surface area contributed by atoms with Gasteiger partial charge in [0.2, 0.25) is 0 Å². The standard InChI is InChI=1S/C27H30F2N4O4/c1-4-37-26(35)23-22(31(3)27(36)30-24(23)19-6-5-7-21(29)14-19)16-32-12-13-33(17(2)15-32)25(34)18-8-10-20(28)11-9-18/h5-11,14,17,24H,4,12-13,15-16H2,1-3H3,(H,30,36)/t17-,24-/m0/s1. The SMILES string of the molecule is CCOC(=O)C1=C(CN2CCN(C(=O)c3ccc(F)cc3)[C@@H](C)C2)N(C)C(=O)N[C@H]1c1cccc(F)c1. The number of hydrogen-bond acceptors (Lipinski definition) is 5. The molecule has 3 amide bonds. The summed E-state index contributed by atoms with van der Waals surface area (Å²) in [6.07, 6.45) is 0. The van der Waals surface area contributed by atoms with Gasteiger partial charge in [0.05, 0.1) is 18.2 Å². The van der Waals surface area contributed by atoms with Crippen LogP contribution in [-0.4, -0.2) is 78.5 Å². The molecule has 2 aliphatic heterocycles. The van der Waals surface area contributed by atoms with Gasteiger partial charge >= 0.3 is 12.0 Å². The number of ether oxygens (including phenoxy) is 1. The van der Waals surface area contributed by atoms with Gasteiger partial charge in [-0.05, 0) is 55.8 Å². The van der Waals surface area contributed by atoms with E-state index in [0.717, 1.165) is 0 Å². The first-order valence-electron chi connectivity index (χ1n) is 12.2. The van der Waals surface area contributed by atoms with E-state index in [2.05, 4.69) is 10.2 Å². The minimum Gasteiger partial charge on any atom is -0.463 e. The van der Waals surface area contributed by atoms with Crippen LogP contribution in [0.15, 0.2) is 59.8 Å². The normalized spacial score (nSPS) is 20.6. The van der Waals surface area contributed by atoms with Gasteiger partial charge in [0.1, 0.15) is 11.6 Å². The van der Waals surface area contributed by atoms with Crippen LogP contribution in [0.3, 0.4) is 0 Å². The third-order valence-corrected chi connectivity index (χ3v) is 6.69. The van der Waals surface area contributed by atoms with Crippen molar-refractivity contribution in [1.82, 2.24) is 20.0 Å². The molecular formula is C27H30F2N4O4. The van der Waals surface area contributed by atoms with Crippen LogP contribution in [0.4, 0.5) is 13.6 Å². The van der Waals surface area contributed by atoms with Gasteiger partial charge < -0.3 is 15.0 Å². The number of urea groups is 1. The lowest BCUT2D eigenvalue weighted by atomic mass is 9.94. The number of hydrogen-bond donors (Lipinski definition) is 1. The molecule has 0 bridgehead atoms. The minimum atomic E-state index is -0.868. The van der Waals surface area contributed by atoms with Crippen molar-refractivity contribution in [2.45, 2.75) is 25.9 Å². The van der Waals surface area contributed by atoms with Crippen molar-refractivity contribution in [3.63, 3.8) is 0 Å². The summed E-state index contributed by atoms with van der Waals surface area (Å²) in [6, 6.07) is 9.76. The lowest BCUT2D eigenvalue weighted by Crippen LogP contribution is -2.56. The third kappa shape index (κ3) is 5.64. The summed E-state index contributed by atoms with van der Waals surface area (Å²) < 4.78 is 32.6. The van der Waals surface area contributed by atoms with Gasteiger partial charge in [0.25, 0.3) is 5.91 Å². The molecule has 37 heavy (non-hydrogen) atoms. The van der Waals surface area contributed by atoms with E-state index in [4.69, 9.17) is 4.74 Å². The maximum absolute atomic E-state index is 14.0. The van der Waals surface area contributed by atoms with Gasteiger partial charge in [-0.25, -0.2) is 18.4 Å². The molecule has 2 aliphatic rings. The van der Waals surface area contributed by atoms with Crippen molar-refractivity contribution in [2.75, 3.05) is 39.8 Å². The number of nitrogens with one attached hydrogen (secondary N) is 1. The van der Waals surface area contributed by atoms with Crippen LogP contribution in [0, 0.1) is 11.6 Å². The molecule has 4 rings (SSSR count). The molecular weight excluding hydrogens is 482 g/mol. The molecule has 1 fully saturated rings. The summed E-state index contributed by atoms with van der Waals surface area (Å²) in [6.45, 7) is 5.42. The van der Waals surface area contributed by atoms with E-state index in [1.54, 1.807) is 24.9 Å². The second kappa shape index (κ2) is 11.1. The Balaban J connectivity index is 1.59. The summed E-state index contributed by atoms with van der Waals surface area (Å²) in [5.74, 6) is -1.65. The van der Waals surface area contributed by atoms with E-state index < -0.39 is 29.7 Å². The van der Waals surface area contributed by atoms with E-state index in [1.165, 1.54) is 47.4 Å². The van der Waals surface area contributed by atoms with Gasteiger partial charge in [-0.1, -0.05) is 12.1 Å². The Hall–Kier alpha value is -3.79. The quantitative estimate of drug-likeness (QED) is 0.601. The second-order valence-corrected chi connectivity index (χ2v) is 9.17. The smallest absolute Gasteiger partial charge is 0.338 e. The number of amides is 3. The summed E-state index contributed by atoms with van der Waals surface area (Å²) in [5, 5.41) is 2.78. The number of benzene rings is 2. The van der Waals surface area contributed by atoms with E-state index in [9.17, 15) is 23.2 Å². The fourth-order valence-corrected chi connectivity index (χ4v) is 4.78. The highest BCUT2D eigenvalue weighted by Crippen LogP contribution is 2.32. The lowest BCUT2D eigenvalue weighted by Gasteiger charge is -2.42. The summed E-state index contributed by atoms with van der Waals surface area (Å²) in [5.41, 5.74) is 1.55. The van der Waals surface area contributed by atoms with Gasteiger partial charge in [-0.15, -0.1) is 0 Å². The van der Waals surface area contributed by atoms with Crippen molar-refractivity contribution in [3.05, 3.63) is 82.6 Å². The van der Waals surface area contributed by atoms with E-state index >= 15 is 0 Å². The van der Waals surface area contributed by atoms with Gasteiger partial charge in [-0.2, -0.15) is 0 Å². The van der Waals surface area contributed by atoms with Crippen LogP contribution in [-0.2, 0) is 9.53 Å². The zero-order chi connectivity index (χ0) is 26.7. The average molecular weight is 513 g/mol. The first kappa shape index (κ1) is 26.3. The molecule has 0 spiro atoms. The highest BCUT2D eigenvalue weighted by molar-refractivity contribution is 5.95. The van der Waals surface area contributed by atoms with E-state index in [-0.39, 0.29) is 30.7 Å². The van der Waals surface area contributed by atoms with Crippen molar-refractivity contribution in [2.24, 2.45) is 0 Å². The summed E-state index contributed by atoms with van der Waals surface area (Å²) in [4.78, 5) is 44.1. The number of likely N-dealkylation sites (N-methyl/N-ethyl adjacent to an activating group) is 1. The molecule has 8 nitrogen and oxygen atoms in total. The number of esters is 1. The third-order valence-electron chi connectivity index (χ3n) is 6.69. The van der Waals surface area contributed by atoms with E-state index in [0.29, 0.717) is 36.5 Å². The highest BCUT2D eigenvalue weighted by atomic mass is 19.1. The Morgan fingerprint density at radius 3 is 2.46 bits per heavy atom. The molecule has 0 unspecified atom stereocenters. The fraction of sp³-hybridized carbons (Fsp3) is 0.370. The van der Waals surface area contributed by atoms with Gasteiger partial charge in [0.15, 0.2) is 0 Å². The van der Waals surface area contributed by atoms with Crippen LogP contribution in [0.25, 0.3) is 0 Å². The zero-order valence-electron chi connectivity index (χ0n) is 21.0. The first-order chi connectivity index (χ1) is 17.7. The van der Waals surface area contributed by atoms with Crippen LogP contribution in [0.1, 0.15) is 35.8 Å². The number of nitrogens with zero attached hydrogens (tertiary/aromatic N) is 3. The van der Waals surface area contributed by atoms with Gasteiger partial charge in [0, 0.05) is 50.5 Å². The average Bonchev–Trinajstić information content (AvgIpc) is 2.87. The van der Waals surface area contributed by atoms with Gasteiger partial charge in [-0.3, -0.25) is 14.6 Å². The molecule has 10 heteroatoms. The van der Waals surface area contributed by atoms with Crippen molar-refractivity contribution in [1.29, 1.82) is 0 Å². The van der Waals surface area contributed by atoms with Crippen molar-refractivity contribution in [3.8, 4) is 0 Å². The molecule has 2 aromatic rings. The zero-order valence-corrected chi connectivity index (χ0v) is 21.0. The maximum Gasteiger partial charge on any atom is 0.338 e. The number of carbonyl (C=O) groups is 3. The van der Waals surface area contributed by atoms with Crippen LogP contribution < -0.4 is 5.32 Å². The van der Waals surface area contributed by atoms with Crippen LogP contribution in [0.5, 0.6) is 0 Å². The summed E-state index contributed by atoms with van der Waals surface area (Å²) >= 11 is 0. The van der Waals surface area contributed by atoms with Crippen molar-refractivity contribution < 1.29 is 27.9 Å². The molecule has 1 N–H and O–H groups in total. The lowest BCUT2D eigenvalue weighted by molar-refractivity contribution is -0.139. The Morgan fingerprint density at radius 1 is 1.08 bits per heavy atom. The monoisotopic (exact) mass is 512 g/mol. The molecule has 2 atom stereocenters. The molecule has 0 aliphatic carbocycles. The first-order valence-corrected chi connectivity index (χ1v) is 12.2. The molecule has 0 saturated carbocycles. The Labute approximate surface area is 214 Å². The Morgan fingerprint density at radius 2 is 1.81 bits per heavy atom. The summed E-state index contributed by atoms with van der Waals surface area (Å²) in [7, 11) is 1.57. The maximum atomic E-state index is 14.0. The Bertz CT molecular complexity index is 1220. The van der Waals surface area contributed by atoms with Crippen molar-refractivity contribution >= 4 is 17.9 Å². The topological polar surface area (TPSA) is 82.2 Å². The molecule has 2 heterocycles. The predicted molar refractivity (Wildman–Crippen MR) is 132 cm³/mol. The number of carbonyl (C=O) groups excluding carboxylic acids is 3. The van der Waals surface area contributed by atoms with E-state index in [1.807, 2.05) is 6.92 Å². The predicted octanol–water partition coefficient (Wildman–Crippen LogP) is 3.32. The number of rotatable bonds is 6. The van der Waals surface area contributed by atoms with Crippen LogP contribution >= 0.6 is 0 Å².